The number of nitrogens with zero attached hydrogens (tertiary/aromatic N) is 3. The van der Waals surface area contributed by atoms with Gasteiger partial charge in [0.1, 0.15) is 23.1 Å². The van der Waals surface area contributed by atoms with Crippen LogP contribution in [0.4, 0.5) is 0 Å². The van der Waals surface area contributed by atoms with Crippen molar-refractivity contribution in [3.63, 3.8) is 0 Å². The molecule has 0 radical (unpaired) electrons. The van der Waals surface area contributed by atoms with Crippen molar-refractivity contribution in [1.29, 1.82) is 0 Å². The van der Waals surface area contributed by atoms with E-state index in [2.05, 4.69) is 20.6 Å². The number of aromatic nitrogens is 2. The van der Waals surface area contributed by atoms with E-state index >= 15 is 0 Å². The Morgan fingerprint density at radius 3 is 2.86 bits per heavy atom. The number of aromatic amines is 1. The standard InChI is InChI=1S/C27H27ClN6O7S2/c1-14-6-19-23(11-29-14)42-26(32-19)27(38)34-5-4-33(43(39,40)24-8-15-7-16(28)2-3-18(15)31-24)12-20(34)25(37)30-10-17-9-21(35)22(36)13-41-17/h2-3,7-9,13-14,20,29,31,36H,4-6,10-12H2,1H3,(H,30,37). The molecule has 0 bridgehead atoms. The van der Waals surface area contributed by atoms with Gasteiger partial charge in [0.15, 0.2) is 10.8 Å². The Morgan fingerprint density at radius 2 is 2.07 bits per heavy atom. The lowest BCUT2D eigenvalue weighted by Crippen LogP contribution is -2.61. The molecule has 6 rings (SSSR count). The summed E-state index contributed by atoms with van der Waals surface area (Å²) < 4.78 is 33.7. The van der Waals surface area contributed by atoms with Gasteiger partial charge in [-0.05, 0) is 31.2 Å². The van der Waals surface area contributed by atoms with Crippen molar-refractivity contribution >= 4 is 55.7 Å². The highest BCUT2D eigenvalue weighted by molar-refractivity contribution is 7.89. The van der Waals surface area contributed by atoms with Crippen molar-refractivity contribution in [2.75, 3.05) is 19.6 Å². The number of halogens is 1. The van der Waals surface area contributed by atoms with E-state index in [-0.39, 0.29) is 48.0 Å². The lowest BCUT2D eigenvalue weighted by molar-refractivity contribution is -0.127. The van der Waals surface area contributed by atoms with Gasteiger partial charge in [0, 0.05) is 65.5 Å². The predicted molar refractivity (Wildman–Crippen MR) is 158 cm³/mol. The number of sulfonamides is 1. The normalized spacial score (nSPS) is 19.3. The van der Waals surface area contributed by atoms with Crippen molar-refractivity contribution in [3.05, 3.63) is 73.2 Å². The molecule has 1 saturated heterocycles. The second-order valence-corrected chi connectivity index (χ2v) is 13.9. The monoisotopic (exact) mass is 646 g/mol. The van der Waals surface area contributed by atoms with Crippen molar-refractivity contribution < 1.29 is 27.5 Å². The van der Waals surface area contributed by atoms with Crippen LogP contribution < -0.4 is 16.1 Å². The van der Waals surface area contributed by atoms with E-state index in [1.54, 1.807) is 18.2 Å². The zero-order valence-electron chi connectivity index (χ0n) is 22.8. The number of hydrogen-bond acceptors (Lipinski definition) is 10. The number of fused-ring (bicyclic) bond motifs is 2. The Labute approximate surface area is 254 Å². The third kappa shape index (κ3) is 5.78. The molecule has 16 heteroatoms. The van der Waals surface area contributed by atoms with Crippen LogP contribution in [-0.4, -0.2) is 76.2 Å². The second-order valence-electron chi connectivity index (χ2n) is 10.4. The number of thiazole rings is 1. The zero-order chi connectivity index (χ0) is 30.5. The smallest absolute Gasteiger partial charge is 0.283 e. The summed E-state index contributed by atoms with van der Waals surface area (Å²) in [6.45, 7) is 1.96. The maximum absolute atomic E-state index is 13.7. The lowest BCUT2D eigenvalue weighted by atomic mass is 10.1. The Morgan fingerprint density at radius 1 is 1.26 bits per heavy atom. The minimum atomic E-state index is -4.09. The predicted octanol–water partition coefficient (Wildman–Crippen LogP) is 1.80. The van der Waals surface area contributed by atoms with E-state index in [4.69, 9.17) is 16.0 Å². The molecule has 4 N–H and O–H groups in total. The first-order valence-corrected chi connectivity index (χ1v) is 16.0. The average molecular weight is 647 g/mol. The number of aromatic hydroxyl groups is 1. The number of piperazine rings is 1. The van der Waals surface area contributed by atoms with Crippen LogP contribution in [0.1, 0.15) is 33.1 Å². The number of benzene rings is 1. The summed E-state index contributed by atoms with van der Waals surface area (Å²) in [5.74, 6) is -1.63. The number of hydrogen-bond donors (Lipinski definition) is 4. The molecule has 1 fully saturated rings. The number of rotatable bonds is 6. The SMILES string of the molecule is CC1Cc2nc(C(=O)N3CCN(S(=O)(=O)c4cc5cc(Cl)ccc5[nH]4)CC3C(=O)NCc3cc(=O)c(O)co3)sc2CN1. The summed E-state index contributed by atoms with van der Waals surface area (Å²) in [6, 6.07) is 6.48. The second kappa shape index (κ2) is 11.4. The van der Waals surface area contributed by atoms with Crippen LogP contribution in [0.15, 0.2) is 50.8 Å². The van der Waals surface area contributed by atoms with E-state index in [9.17, 15) is 27.9 Å². The molecule has 2 amide bonds. The molecule has 0 aliphatic carbocycles. The Kier molecular flexibility index (Phi) is 7.76. The first-order chi connectivity index (χ1) is 20.5. The number of H-pyrrole nitrogens is 1. The molecule has 3 aromatic heterocycles. The summed E-state index contributed by atoms with van der Waals surface area (Å²) in [7, 11) is -4.09. The van der Waals surface area contributed by atoms with Gasteiger partial charge in [-0.25, -0.2) is 13.4 Å². The zero-order valence-corrected chi connectivity index (χ0v) is 25.2. The van der Waals surface area contributed by atoms with Crippen LogP contribution in [0.3, 0.4) is 0 Å². The van der Waals surface area contributed by atoms with E-state index in [0.717, 1.165) is 27.2 Å². The van der Waals surface area contributed by atoms with Gasteiger partial charge in [-0.2, -0.15) is 4.31 Å². The number of amides is 2. The largest absolute Gasteiger partial charge is 0.502 e. The summed E-state index contributed by atoms with van der Waals surface area (Å²) >= 11 is 7.33. The Balaban J connectivity index is 1.28. The van der Waals surface area contributed by atoms with E-state index in [1.165, 1.54) is 22.3 Å². The van der Waals surface area contributed by atoms with Crippen molar-refractivity contribution in [3.8, 4) is 5.75 Å². The minimum absolute atomic E-state index is 0.0511. The highest BCUT2D eigenvalue weighted by Gasteiger charge is 2.41. The third-order valence-electron chi connectivity index (χ3n) is 7.46. The highest BCUT2D eigenvalue weighted by atomic mass is 35.5. The number of nitrogens with one attached hydrogen (secondary N) is 3. The van der Waals surface area contributed by atoms with Gasteiger partial charge in [-0.1, -0.05) is 11.6 Å². The van der Waals surface area contributed by atoms with Crippen molar-refractivity contribution in [2.45, 2.75) is 43.5 Å². The van der Waals surface area contributed by atoms with Crippen LogP contribution in [0.2, 0.25) is 5.02 Å². The fourth-order valence-electron chi connectivity index (χ4n) is 5.15. The fraction of sp³-hybridized carbons (Fsp3) is 0.333. The van der Waals surface area contributed by atoms with Gasteiger partial charge in [0.25, 0.3) is 15.9 Å². The molecule has 2 atom stereocenters. The van der Waals surface area contributed by atoms with Gasteiger partial charge >= 0.3 is 0 Å². The minimum Gasteiger partial charge on any atom is -0.502 e. The first-order valence-electron chi connectivity index (χ1n) is 13.4. The fourth-order valence-corrected chi connectivity index (χ4v) is 7.78. The lowest BCUT2D eigenvalue weighted by Gasteiger charge is -2.39. The average Bonchev–Trinajstić information content (AvgIpc) is 3.61. The summed E-state index contributed by atoms with van der Waals surface area (Å²) in [4.78, 5) is 48.8. The van der Waals surface area contributed by atoms with E-state index in [1.807, 2.05) is 6.92 Å². The summed E-state index contributed by atoms with van der Waals surface area (Å²) in [5, 5.41) is 16.6. The molecule has 13 nitrogen and oxygen atoms in total. The molecule has 0 saturated carbocycles. The van der Waals surface area contributed by atoms with Crippen LogP contribution in [-0.2, 0) is 34.3 Å². The molecule has 4 aromatic rings. The van der Waals surface area contributed by atoms with E-state index < -0.39 is 39.1 Å². The molecule has 2 unspecified atom stereocenters. The molecule has 0 spiro atoms. The molecule has 2 aliphatic heterocycles. The van der Waals surface area contributed by atoms with Crippen LogP contribution in [0, 0.1) is 0 Å². The Hall–Kier alpha value is -3.76. The van der Waals surface area contributed by atoms with Crippen LogP contribution >= 0.6 is 22.9 Å². The Bertz CT molecular complexity index is 1900. The quantitative estimate of drug-likeness (QED) is 0.243. The highest BCUT2D eigenvalue weighted by Crippen LogP contribution is 2.28. The maximum atomic E-state index is 13.7. The van der Waals surface area contributed by atoms with Gasteiger partial charge in [-0.15, -0.1) is 11.3 Å². The molecule has 226 valence electrons. The molecule has 43 heavy (non-hydrogen) atoms. The number of carbonyl (C=O) groups excluding carboxylic acids is 2. The van der Waals surface area contributed by atoms with E-state index in [0.29, 0.717) is 28.9 Å². The molecular formula is C27H27ClN6O7S2. The first kappa shape index (κ1) is 29.3. The topological polar surface area (TPSA) is 178 Å². The van der Waals surface area contributed by atoms with Gasteiger partial charge in [-0.3, -0.25) is 14.4 Å². The van der Waals surface area contributed by atoms with Gasteiger partial charge in [0.05, 0.1) is 12.2 Å². The molecule has 1 aromatic carbocycles. The van der Waals surface area contributed by atoms with Crippen molar-refractivity contribution in [1.82, 2.24) is 29.8 Å². The van der Waals surface area contributed by atoms with Crippen LogP contribution in [0.25, 0.3) is 10.9 Å². The van der Waals surface area contributed by atoms with Gasteiger partial charge in [0.2, 0.25) is 11.3 Å². The maximum Gasteiger partial charge on any atom is 0.283 e. The molecule has 5 heterocycles. The van der Waals surface area contributed by atoms with Gasteiger partial charge < -0.3 is 30.0 Å². The third-order valence-corrected chi connectivity index (χ3v) is 10.6. The summed E-state index contributed by atoms with van der Waals surface area (Å²) in [6.07, 6.45) is 1.53. The summed E-state index contributed by atoms with van der Waals surface area (Å²) in [5.41, 5.74) is 0.736. The van der Waals surface area contributed by atoms with Crippen LogP contribution in [0.5, 0.6) is 5.75 Å². The molecular weight excluding hydrogens is 620 g/mol. The molecule has 2 aliphatic rings. The number of carbonyl (C=O) groups is 2. The van der Waals surface area contributed by atoms with Crippen molar-refractivity contribution in [2.24, 2.45) is 0 Å².